The first kappa shape index (κ1) is 34.8. The maximum atomic E-state index is 9.92. The number of carbonyl (C=O) groups is 1. The fourth-order valence-corrected chi connectivity index (χ4v) is 4.93. The van der Waals surface area contributed by atoms with Crippen molar-refractivity contribution in [3.8, 4) is 17.1 Å². The van der Waals surface area contributed by atoms with E-state index in [1.807, 2.05) is 46.3 Å². The minimum absolute atomic E-state index is 0.336. The minimum atomic E-state index is 0.336. The lowest BCUT2D eigenvalue weighted by Gasteiger charge is -2.07. The van der Waals surface area contributed by atoms with Gasteiger partial charge in [0.15, 0.2) is 0 Å². The molecule has 0 atom stereocenters. The quantitative estimate of drug-likeness (QED) is 0.0875. The lowest BCUT2D eigenvalue weighted by Crippen LogP contribution is -2.20. The molecule has 13 nitrogen and oxygen atoms in total. The third-order valence-electron chi connectivity index (χ3n) is 7.80. The number of rotatable bonds is 11. The first-order chi connectivity index (χ1) is 22.8. The fraction of sp³-hybridized carbons (Fsp3) is 0.412. The Labute approximate surface area is 276 Å². The van der Waals surface area contributed by atoms with Crippen LogP contribution < -0.4 is 26.4 Å². The summed E-state index contributed by atoms with van der Waals surface area (Å²) < 4.78 is 4.99. The van der Waals surface area contributed by atoms with Crippen molar-refractivity contribution in [3.63, 3.8) is 0 Å². The van der Waals surface area contributed by atoms with Crippen molar-refractivity contribution < 1.29 is 9.53 Å². The van der Waals surface area contributed by atoms with Gasteiger partial charge in [0.05, 0.1) is 30.6 Å². The average Bonchev–Trinajstić information content (AvgIpc) is 3.59. The van der Waals surface area contributed by atoms with Crippen molar-refractivity contribution in [2.45, 2.75) is 39.5 Å². The fourth-order valence-electron chi connectivity index (χ4n) is 4.93. The molecule has 6 rings (SSSR count). The molecule has 6 N–H and O–H groups in total. The van der Waals surface area contributed by atoms with Crippen LogP contribution in [0.2, 0.25) is 0 Å². The van der Waals surface area contributed by atoms with Gasteiger partial charge in [0.2, 0.25) is 11.8 Å². The number of hydrogen-bond acceptors (Lipinski definition) is 11. The normalized spacial score (nSPS) is 14.8. The highest BCUT2D eigenvalue weighted by Gasteiger charge is 2.21. The number of anilines is 2. The number of fused-ring (bicyclic) bond motifs is 1. The number of H-pyrrole nitrogens is 1. The molecule has 1 aliphatic heterocycles. The first-order valence-electron chi connectivity index (χ1n) is 15.9. The van der Waals surface area contributed by atoms with E-state index >= 15 is 0 Å². The molecular weight excluding hydrogens is 594 g/mol. The van der Waals surface area contributed by atoms with Gasteiger partial charge in [0.25, 0.3) is 5.95 Å². The van der Waals surface area contributed by atoms with Crippen molar-refractivity contribution in [1.29, 1.82) is 0 Å². The van der Waals surface area contributed by atoms with E-state index in [1.165, 1.54) is 25.7 Å². The summed E-state index contributed by atoms with van der Waals surface area (Å²) in [7, 11) is 5.34. The number of para-hydroxylation sites is 1. The number of allylic oxidation sites excluding steroid dienone is 1. The van der Waals surface area contributed by atoms with E-state index in [-0.39, 0.29) is 0 Å². The second kappa shape index (κ2) is 17.6. The van der Waals surface area contributed by atoms with E-state index in [4.69, 9.17) is 10.5 Å². The van der Waals surface area contributed by atoms with Crippen LogP contribution in [-0.4, -0.2) is 89.3 Å². The Hall–Kier alpha value is -5.04. The highest BCUT2D eigenvalue weighted by molar-refractivity contribution is 6.01. The van der Waals surface area contributed by atoms with Gasteiger partial charge in [0, 0.05) is 61.9 Å². The number of aromatic amines is 1. The summed E-state index contributed by atoms with van der Waals surface area (Å²) in [6, 6.07) is 7.86. The van der Waals surface area contributed by atoms with Crippen molar-refractivity contribution in [2.24, 2.45) is 16.6 Å². The number of aryl methyl sites for hydroxylation is 1. The van der Waals surface area contributed by atoms with Crippen LogP contribution in [0.4, 0.5) is 17.6 Å². The molecule has 2 aliphatic rings. The molecule has 4 heterocycles. The van der Waals surface area contributed by atoms with Crippen LogP contribution in [0.5, 0.6) is 5.88 Å². The number of hydrogen-bond donors (Lipinski definition) is 5. The molecule has 1 aromatic carbocycles. The maximum absolute atomic E-state index is 9.92. The van der Waals surface area contributed by atoms with Gasteiger partial charge in [0.1, 0.15) is 12.1 Å². The molecule has 47 heavy (non-hydrogen) atoms. The number of aldehydes is 1. The van der Waals surface area contributed by atoms with Crippen LogP contribution in [0.1, 0.15) is 38.2 Å². The molecule has 1 aliphatic carbocycles. The number of nitrogens with one attached hydrogen (secondary N) is 4. The SMILES string of the molecule is CN/C(C)=C\C(N)=N/c1ncc(C)c(-c2c[nH]c3c(NC)cccc23)n1.COc1ccnc(NCC2CC2)n1.O=CCN1CCCC1. The Kier molecular flexibility index (Phi) is 13.0. The van der Waals surface area contributed by atoms with Gasteiger partial charge in [-0.2, -0.15) is 9.98 Å². The predicted octanol–water partition coefficient (Wildman–Crippen LogP) is 4.68. The molecule has 250 valence electrons. The maximum Gasteiger partial charge on any atom is 0.251 e. The lowest BCUT2D eigenvalue weighted by molar-refractivity contribution is -0.108. The molecule has 0 radical (unpaired) electrons. The molecule has 3 aromatic heterocycles. The number of likely N-dealkylation sites (tertiary alicyclic amines) is 1. The molecule has 0 amide bonds. The monoisotopic (exact) mass is 641 g/mol. The number of ether oxygens (including phenoxy) is 1. The summed E-state index contributed by atoms with van der Waals surface area (Å²) in [6.45, 7) is 7.76. The summed E-state index contributed by atoms with van der Waals surface area (Å²) in [5.74, 6) is 2.78. The summed E-state index contributed by atoms with van der Waals surface area (Å²) in [5, 5.41) is 10.5. The molecule has 0 unspecified atom stereocenters. The number of amidine groups is 1. The number of aliphatic imine (C=N–C) groups is 1. The predicted molar refractivity (Wildman–Crippen MR) is 189 cm³/mol. The largest absolute Gasteiger partial charge is 0.481 e. The van der Waals surface area contributed by atoms with E-state index in [9.17, 15) is 4.79 Å². The topological polar surface area (TPSA) is 171 Å². The van der Waals surface area contributed by atoms with E-state index in [0.717, 1.165) is 70.9 Å². The van der Waals surface area contributed by atoms with Gasteiger partial charge in [-0.05, 0) is 76.2 Å². The van der Waals surface area contributed by atoms with Gasteiger partial charge < -0.3 is 36.2 Å². The Morgan fingerprint density at radius 1 is 1.17 bits per heavy atom. The van der Waals surface area contributed by atoms with Gasteiger partial charge in [-0.15, -0.1) is 0 Å². The molecule has 1 saturated carbocycles. The highest BCUT2D eigenvalue weighted by Crippen LogP contribution is 2.33. The molecule has 4 aromatic rings. The van der Waals surface area contributed by atoms with Crippen LogP contribution in [0.3, 0.4) is 0 Å². The van der Waals surface area contributed by atoms with Crippen LogP contribution in [0.25, 0.3) is 22.2 Å². The van der Waals surface area contributed by atoms with Crippen molar-refractivity contribution >= 4 is 40.6 Å². The van der Waals surface area contributed by atoms with Gasteiger partial charge >= 0.3 is 0 Å². The third kappa shape index (κ3) is 10.5. The average molecular weight is 642 g/mol. The van der Waals surface area contributed by atoms with E-state index in [1.54, 1.807) is 31.6 Å². The minimum Gasteiger partial charge on any atom is -0.481 e. The zero-order chi connectivity index (χ0) is 33.6. The molecule has 0 spiro atoms. The zero-order valence-corrected chi connectivity index (χ0v) is 28.0. The number of benzene rings is 1. The molecule has 2 fully saturated rings. The number of methoxy groups -OCH3 is 1. The Morgan fingerprint density at radius 2 is 1.96 bits per heavy atom. The Morgan fingerprint density at radius 3 is 2.64 bits per heavy atom. The van der Waals surface area contributed by atoms with E-state index in [2.05, 4.69) is 56.8 Å². The van der Waals surface area contributed by atoms with Crippen LogP contribution in [0, 0.1) is 12.8 Å². The highest BCUT2D eigenvalue weighted by atomic mass is 16.5. The van der Waals surface area contributed by atoms with Crippen molar-refractivity contribution in [2.75, 3.05) is 58.0 Å². The van der Waals surface area contributed by atoms with E-state index < -0.39 is 0 Å². The van der Waals surface area contributed by atoms with Gasteiger partial charge in [-0.3, -0.25) is 4.90 Å². The smallest absolute Gasteiger partial charge is 0.251 e. The molecule has 0 bridgehead atoms. The van der Waals surface area contributed by atoms with E-state index in [0.29, 0.717) is 30.2 Å². The van der Waals surface area contributed by atoms with Gasteiger partial charge in [-0.25, -0.2) is 15.0 Å². The van der Waals surface area contributed by atoms with Crippen LogP contribution in [-0.2, 0) is 4.79 Å². The molecule has 1 saturated heterocycles. The second-order valence-corrected chi connectivity index (χ2v) is 11.4. The van der Waals surface area contributed by atoms with Crippen LogP contribution in [0.15, 0.2) is 59.6 Å². The van der Waals surface area contributed by atoms with Gasteiger partial charge in [-0.1, -0.05) is 12.1 Å². The van der Waals surface area contributed by atoms with Crippen molar-refractivity contribution in [1.82, 2.24) is 35.1 Å². The second-order valence-electron chi connectivity index (χ2n) is 11.4. The summed E-state index contributed by atoms with van der Waals surface area (Å²) in [6.07, 6.45) is 13.3. The summed E-state index contributed by atoms with van der Waals surface area (Å²) in [4.78, 5) is 36.9. The third-order valence-corrected chi connectivity index (χ3v) is 7.80. The lowest BCUT2D eigenvalue weighted by atomic mass is 10.1. The number of carbonyl (C=O) groups excluding carboxylic acids is 1. The number of aromatic nitrogens is 5. The number of nitrogens with zero attached hydrogens (tertiary/aromatic N) is 6. The van der Waals surface area contributed by atoms with Crippen LogP contribution >= 0.6 is 0 Å². The summed E-state index contributed by atoms with van der Waals surface area (Å²) >= 11 is 0. The first-order valence-corrected chi connectivity index (χ1v) is 15.9. The Bertz CT molecular complexity index is 1660. The zero-order valence-electron chi connectivity index (χ0n) is 28.0. The standard InChI is InChI=1S/C19H23N7.C9H13N3O.C6H11NO/c1-11-9-24-19(25-16(20)8-12(2)21-3)26-17(11)14-10-23-18-13(14)6-5-7-15(18)22-4;1-13-8-4-5-10-9(12-8)11-6-7-2-3-7;8-6-5-7-3-1-2-4-7/h5-10,21-23H,1-4H3,(H2,20,24,25,26);4-5,7H,2-3,6H2,1H3,(H,10,11,12);6H,1-5H2/b12-8-;;. The molecule has 13 heteroatoms. The molecular formula is C34H47N11O2. The summed E-state index contributed by atoms with van der Waals surface area (Å²) in [5.41, 5.74) is 11.8. The van der Waals surface area contributed by atoms with Crippen molar-refractivity contribution in [3.05, 3.63) is 60.2 Å². The Balaban J connectivity index is 0.000000195. The number of nitrogens with two attached hydrogens (primary N) is 1.